The molecule has 1 amide bonds. The van der Waals surface area contributed by atoms with E-state index in [0.29, 0.717) is 5.69 Å². The fourth-order valence-electron chi connectivity index (χ4n) is 1.63. The standard InChI is InChI=1S/C12H10FN3O3/c1-6-10(12(18)19)9(5-15-6)16-11(17)7-2-8(13)4-14-3-7/h2-5,15H,1H3,(H,16,17)(H,18,19). The molecule has 0 atom stereocenters. The number of aromatic carboxylic acids is 1. The Morgan fingerprint density at radius 2 is 2.16 bits per heavy atom. The SMILES string of the molecule is Cc1[nH]cc(NC(=O)c2cncc(F)c2)c1C(=O)O. The van der Waals surface area contributed by atoms with Crippen molar-refractivity contribution in [3.63, 3.8) is 0 Å². The maximum Gasteiger partial charge on any atom is 0.339 e. The summed E-state index contributed by atoms with van der Waals surface area (Å²) in [5, 5.41) is 11.4. The van der Waals surface area contributed by atoms with Gasteiger partial charge in [0.25, 0.3) is 5.91 Å². The number of aryl methyl sites for hydroxylation is 1. The second-order valence-electron chi connectivity index (χ2n) is 3.85. The Kier molecular flexibility index (Phi) is 3.28. The van der Waals surface area contributed by atoms with E-state index in [2.05, 4.69) is 15.3 Å². The highest BCUT2D eigenvalue weighted by Gasteiger charge is 2.18. The molecule has 2 rings (SSSR count). The summed E-state index contributed by atoms with van der Waals surface area (Å²) in [4.78, 5) is 29.1. The van der Waals surface area contributed by atoms with Gasteiger partial charge in [-0.2, -0.15) is 0 Å². The third-order valence-corrected chi connectivity index (χ3v) is 2.51. The number of hydrogen-bond acceptors (Lipinski definition) is 3. The lowest BCUT2D eigenvalue weighted by Gasteiger charge is -2.04. The minimum Gasteiger partial charge on any atom is -0.478 e. The predicted molar refractivity (Wildman–Crippen MR) is 64.6 cm³/mol. The van der Waals surface area contributed by atoms with E-state index >= 15 is 0 Å². The molecule has 0 aliphatic rings. The third kappa shape index (κ3) is 2.59. The van der Waals surface area contributed by atoms with E-state index in [9.17, 15) is 14.0 Å². The van der Waals surface area contributed by atoms with Crippen LogP contribution in [0.4, 0.5) is 10.1 Å². The van der Waals surface area contributed by atoms with Crippen LogP contribution in [0.25, 0.3) is 0 Å². The molecule has 0 spiro atoms. The van der Waals surface area contributed by atoms with Gasteiger partial charge in [0, 0.05) is 18.1 Å². The number of aromatic nitrogens is 2. The lowest BCUT2D eigenvalue weighted by Crippen LogP contribution is -2.14. The van der Waals surface area contributed by atoms with Crippen molar-refractivity contribution >= 4 is 17.6 Å². The number of carbonyl (C=O) groups is 2. The highest BCUT2D eigenvalue weighted by atomic mass is 19.1. The molecule has 0 saturated heterocycles. The van der Waals surface area contributed by atoms with E-state index in [0.717, 1.165) is 12.3 Å². The fraction of sp³-hybridized carbons (Fsp3) is 0.0833. The summed E-state index contributed by atoms with van der Waals surface area (Å²) in [6.07, 6.45) is 3.53. The van der Waals surface area contributed by atoms with Crippen LogP contribution >= 0.6 is 0 Å². The van der Waals surface area contributed by atoms with Gasteiger partial charge in [0.15, 0.2) is 0 Å². The molecular formula is C12H10FN3O3. The molecule has 19 heavy (non-hydrogen) atoms. The topological polar surface area (TPSA) is 95.1 Å². The maximum absolute atomic E-state index is 12.9. The molecule has 0 saturated carbocycles. The summed E-state index contributed by atoms with van der Waals surface area (Å²) < 4.78 is 12.9. The maximum atomic E-state index is 12.9. The Morgan fingerprint density at radius 1 is 1.42 bits per heavy atom. The number of pyridine rings is 1. The lowest BCUT2D eigenvalue weighted by molar-refractivity contribution is 0.0697. The number of carbonyl (C=O) groups excluding carboxylic acids is 1. The van der Waals surface area contributed by atoms with Gasteiger partial charge < -0.3 is 15.4 Å². The van der Waals surface area contributed by atoms with Crippen molar-refractivity contribution in [2.45, 2.75) is 6.92 Å². The average molecular weight is 263 g/mol. The summed E-state index contributed by atoms with van der Waals surface area (Å²) >= 11 is 0. The van der Waals surface area contributed by atoms with Crippen LogP contribution in [0.15, 0.2) is 24.7 Å². The molecule has 0 unspecified atom stereocenters. The average Bonchev–Trinajstić information content (AvgIpc) is 2.70. The Hall–Kier alpha value is -2.70. The van der Waals surface area contributed by atoms with Crippen LogP contribution in [0, 0.1) is 12.7 Å². The fourth-order valence-corrected chi connectivity index (χ4v) is 1.63. The summed E-state index contributed by atoms with van der Waals surface area (Å²) in [7, 11) is 0. The largest absolute Gasteiger partial charge is 0.478 e. The zero-order valence-electron chi connectivity index (χ0n) is 9.90. The molecule has 0 aromatic carbocycles. The molecule has 0 aliphatic heterocycles. The van der Waals surface area contributed by atoms with Crippen molar-refractivity contribution in [2.75, 3.05) is 5.32 Å². The molecule has 3 N–H and O–H groups in total. The van der Waals surface area contributed by atoms with Crippen LogP contribution in [-0.2, 0) is 0 Å². The monoisotopic (exact) mass is 263 g/mol. The van der Waals surface area contributed by atoms with E-state index in [4.69, 9.17) is 5.11 Å². The number of nitrogens with zero attached hydrogens (tertiary/aromatic N) is 1. The van der Waals surface area contributed by atoms with Gasteiger partial charge in [-0.15, -0.1) is 0 Å². The smallest absolute Gasteiger partial charge is 0.339 e. The van der Waals surface area contributed by atoms with Crippen LogP contribution in [0.5, 0.6) is 0 Å². The van der Waals surface area contributed by atoms with Gasteiger partial charge >= 0.3 is 5.97 Å². The second kappa shape index (κ2) is 4.89. The number of rotatable bonds is 3. The number of anilines is 1. The molecule has 0 fully saturated rings. The van der Waals surface area contributed by atoms with Crippen LogP contribution < -0.4 is 5.32 Å². The molecule has 6 nitrogen and oxygen atoms in total. The van der Waals surface area contributed by atoms with Gasteiger partial charge in [0.1, 0.15) is 11.4 Å². The van der Waals surface area contributed by atoms with Crippen molar-refractivity contribution in [3.05, 3.63) is 47.3 Å². The van der Waals surface area contributed by atoms with Crippen LogP contribution in [0.3, 0.4) is 0 Å². The van der Waals surface area contributed by atoms with Crippen LogP contribution in [0.2, 0.25) is 0 Å². The van der Waals surface area contributed by atoms with E-state index < -0.39 is 17.7 Å². The molecule has 0 bridgehead atoms. The number of H-pyrrole nitrogens is 1. The Labute approximate surface area is 107 Å². The summed E-state index contributed by atoms with van der Waals surface area (Å²) in [6, 6.07) is 1.02. The van der Waals surface area contributed by atoms with Gasteiger partial charge in [-0.25, -0.2) is 9.18 Å². The first kappa shape index (κ1) is 12.7. The van der Waals surface area contributed by atoms with Crippen molar-refractivity contribution in [1.29, 1.82) is 0 Å². The summed E-state index contributed by atoms with van der Waals surface area (Å²) in [6.45, 7) is 1.57. The van der Waals surface area contributed by atoms with E-state index in [1.54, 1.807) is 6.92 Å². The molecule has 98 valence electrons. The van der Waals surface area contributed by atoms with E-state index in [1.165, 1.54) is 12.4 Å². The molecule has 0 radical (unpaired) electrons. The molecule has 2 aromatic rings. The first-order chi connectivity index (χ1) is 8.99. The van der Waals surface area contributed by atoms with Crippen molar-refractivity contribution in [1.82, 2.24) is 9.97 Å². The summed E-state index contributed by atoms with van der Waals surface area (Å²) in [5.74, 6) is -2.43. The number of aromatic amines is 1. The van der Waals surface area contributed by atoms with Crippen molar-refractivity contribution in [3.8, 4) is 0 Å². The number of carboxylic acid groups (broad SMARTS) is 1. The predicted octanol–water partition coefficient (Wildman–Crippen LogP) is 1.81. The van der Waals surface area contributed by atoms with Gasteiger partial charge in [0.2, 0.25) is 0 Å². The zero-order valence-corrected chi connectivity index (χ0v) is 9.90. The third-order valence-electron chi connectivity index (χ3n) is 2.51. The lowest BCUT2D eigenvalue weighted by atomic mass is 10.2. The number of carboxylic acids is 1. The Bertz CT molecular complexity index is 651. The first-order valence-corrected chi connectivity index (χ1v) is 5.32. The molecule has 0 aliphatic carbocycles. The molecule has 2 aromatic heterocycles. The number of nitrogens with one attached hydrogen (secondary N) is 2. The van der Waals surface area contributed by atoms with Crippen molar-refractivity contribution in [2.24, 2.45) is 0 Å². The Balaban J connectivity index is 2.27. The number of amides is 1. The van der Waals surface area contributed by atoms with Gasteiger partial charge in [-0.1, -0.05) is 0 Å². The van der Waals surface area contributed by atoms with Crippen LogP contribution in [0.1, 0.15) is 26.4 Å². The number of hydrogen-bond donors (Lipinski definition) is 3. The summed E-state index contributed by atoms with van der Waals surface area (Å²) in [5.41, 5.74) is 0.521. The van der Waals surface area contributed by atoms with Gasteiger partial charge in [-0.3, -0.25) is 9.78 Å². The van der Waals surface area contributed by atoms with Gasteiger partial charge in [-0.05, 0) is 13.0 Å². The minimum absolute atomic E-state index is 0.00944. The minimum atomic E-state index is -1.16. The first-order valence-electron chi connectivity index (χ1n) is 5.32. The molecule has 2 heterocycles. The molecular weight excluding hydrogens is 253 g/mol. The quantitative estimate of drug-likeness (QED) is 0.787. The molecule has 7 heteroatoms. The highest BCUT2D eigenvalue weighted by Crippen LogP contribution is 2.19. The van der Waals surface area contributed by atoms with Crippen LogP contribution in [-0.4, -0.2) is 27.0 Å². The zero-order chi connectivity index (χ0) is 14.0. The van der Waals surface area contributed by atoms with Gasteiger partial charge in [0.05, 0.1) is 17.4 Å². The van der Waals surface area contributed by atoms with E-state index in [-0.39, 0.29) is 16.8 Å². The van der Waals surface area contributed by atoms with E-state index in [1.807, 2.05) is 0 Å². The highest BCUT2D eigenvalue weighted by molar-refractivity contribution is 6.07. The second-order valence-corrected chi connectivity index (χ2v) is 3.85. The number of halogens is 1. The Morgan fingerprint density at radius 3 is 2.79 bits per heavy atom. The normalized spacial score (nSPS) is 10.2. The van der Waals surface area contributed by atoms with Crippen molar-refractivity contribution < 1.29 is 19.1 Å².